The van der Waals surface area contributed by atoms with Gasteiger partial charge in [0, 0.05) is 25.6 Å². The Bertz CT molecular complexity index is 421. The maximum atomic E-state index is 4.17. The van der Waals surface area contributed by atoms with E-state index >= 15 is 0 Å². The molecule has 0 saturated carbocycles. The van der Waals surface area contributed by atoms with E-state index in [4.69, 9.17) is 0 Å². The molecule has 0 aromatic carbocycles. The van der Waals surface area contributed by atoms with Crippen molar-refractivity contribution >= 4 is 0 Å². The van der Waals surface area contributed by atoms with Crippen molar-refractivity contribution in [2.75, 3.05) is 7.05 Å². The van der Waals surface area contributed by atoms with Crippen molar-refractivity contribution in [3.8, 4) is 0 Å². The predicted octanol–water partition coefficient (Wildman–Crippen LogP) is 1.12. The predicted molar refractivity (Wildman–Crippen MR) is 58.3 cm³/mol. The summed E-state index contributed by atoms with van der Waals surface area (Å²) < 4.78 is 1.88. The fourth-order valence-electron chi connectivity index (χ4n) is 1.71. The van der Waals surface area contributed by atoms with Gasteiger partial charge in [0.05, 0.1) is 11.7 Å². The topological polar surface area (TPSA) is 42.7 Å². The van der Waals surface area contributed by atoms with Gasteiger partial charge in [0.1, 0.15) is 0 Å². The Labute approximate surface area is 89.0 Å². The Kier molecular flexibility index (Phi) is 2.78. The molecule has 1 N–H and O–H groups in total. The molecule has 0 bridgehead atoms. The average molecular weight is 202 g/mol. The van der Waals surface area contributed by atoms with Crippen LogP contribution in [0.25, 0.3) is 0 Å². The van der Waals surface area contributed by atoms with Crippen LogP contribution >= 0.6 is 0 Å². The van der Waals surface area contributed by atoms with Crippen LogP contribution < -0.4 is 5.32 Å². The molecule has 2 rings (SSSR count). The fourth-order valence-corrected chi connectivity index (χ4v) is 1.71. The van der Waals surface area contributed by atoms with Crippen LogP contribution in [0.4, 0.5) is 0 Å². The Hall–Kier alpha value is -1.68. The largest absolute Gasteiger partial charge is 0.308 e. The molecule has 0 amide bonds. The number of hydrogen-bond acceptors (Lipinski definition) is 3. The van der Waals surface area contributed by atoms with Crippen molar-refractivity contribution in [3.63, 3.8) is 0 Å². The lowest BCUT2D eigenvalue weighted by Crippen LogP contribution is -2.20. The molecule has 0 aliphatic heterocycles. The van der Waals surface area contributed by atoms with Gasteiger partial charge in [-0.05, 0) is 30.8 Å². The minimum Gasteiger partial charge on any atom is -0.308 e. The summed E-state index contributed by atoms with van der Waals surface area (Å²) in [4.78, 5) is 4.02. The van der Waals surface area contributed by atoms with E-state index in [-0.39, 0.29) is 6.04 Å². The first-order chi connectivity index (χ1) is 7.33. The smallest absolute Gasteiger partial charge is 0.0746 e. The summed E-state index contributed by atoms with van der Waals surface area (Å²) in [6.45, 7) is 0. The van der Waals surface area contributed by atoms with Crippen LogP contribution in [0.1, 0.15) is 17.3 Å². The van der Waals surface area contributed by atoms with Crippen LogP contribution in [0, 0.1) is 0 Å². The van der Waals surface area contributed by atoms with Crippen LogP contribution in [0.2, 0.25) is 0 Å². The molecule has 2 aromatic heterocycles. The number of hydrogen-bond donors (Lipinski definition) is 1. The minimum atomic E-state index is 0.167. The summed E-state index contributed by atoms with van der Waals surface area (Å²) in [5, 5.41) is 7.44. The third kappa shape index (κ3) is 1.89. The van der Waals surface area contributed by atoms with E-state index in [0.717, 1.165) is 5.69 Å². The monoisotopic (exact) mass is 202 g/mol. The first-order valence-corrected chi connectivity index (χ1v) is 4.88. The van der Waals surface area contributed by atoms with Gasteiger partial charge in [0.25, 0.3) is 0 Å². The zero-order chi connectivity index (χ0) is 10.7. The van der Waals surface area contributed by atoms with Crippen LogP contribution in [-0.2, 0) is 7.05 Å². The highest BCUT2D eigenvalue weighted by molar-refractivity contribution is 5.25. The number of aromatic nitrogens is 3. The lowest BCUT2D eigenvalue weighted by atomic mass is 10.1. The second-order valence-corrected chi connectivity index (χ2v) is 3.38. The third-order valence-electron chi connectivity index (χ3n) is 2.48. The van der Waals surface area contributed by atoms with E-state index in [1.165, 1.54) is 5.56 Å². The molecular formula is C11H14N4. The Morgan fingerprint density at radius 2 is 1.93 bits per heavy atom. The standard InChI is InChI=1S/C11H14N4/c1-12-11(9-3-6-13-7-4-9)10-5-8-14-15(10)2/h3-8,11-12H,1-2H3. The normalized spacial score (nSPS) is 12.7. The molecule has 2 aromatic rings. The second kappa shape index (κ2) is 4.23. The van der Waals surface area contributed by atoms with Gasteiger partial charge in [-0.15, -0.1) is 0 Å². The van der Waals surface area contributed by atoms with E-state index in [2.05, 4.69) is 15.4 Å². The lowest BCUT2D eigenvalue weighted by molar-refractivity contribution is 0.605. The highest BCUT2D eigenvalue weighted by atomic mass is 15.3. The molecule has 1 unspecified atom stereocenters. The van der Waals surface area contributed by atoms with Crippen molar-refractivity contribution in [2.24, 2.45) is 7.05 Å². The van der Waals surface area contributed by atoms with Crippen molar-refractivity contribution in [2.45, 2.75) is 6.04 Å². The SMILES string of the molecule is CNC(c1ccncc1)c1ccnn1C. The molecule has 0 aliphatic carbocycles. The van der Waals surface area contributed by atoms with Gasteiger partial charge in [-0.1, -0.05) is 0 Å². The molecule has 0 spiro atoms. The molecule has 0 radical (unpaired) electrons. The van der Waals surface area contributed by atoms with E-state index in [1.807, 2.05) is 37.0 Å². The van der Waals surface area contributed by atoms with Crippen molar-refractivity contribution in [1.82, 2.24) is 20.1 Å². The maximum absolute atomic E-state index is 4.17. The number of nitrogens with zero attached hydrogens (tertiary/aromatic N) is 3. The summed E-state index contributed by atoms with van der Waals surface area (Å²) in [5.41, 5.74) is 2.33. The van der Waals surface area contributed by atoms with Gasteiger partial charge in [0.2, 0.25) is 0 Å². The van der Waals surface area contributed by atoms with Crippen LogP contribution in [0.5, 0.6) is 0 Å². The second-order valence-electron chi connectivity index (χ2n) is 3.38. The first-order valence-electron chi connectivity index (χ1n) is 4.88. The minimum absolute atomic E-state index is 0.167. The van der Waals surface area contributed by atoms with E-state index in [1.54, 1.807) is 18.6 Å². The van der Waals surface area contributed by atoms with E-state index < -0.39 is 0 Å². The summed E-state index contributed by atoms with van der Waals surface area (Å²) >= 11 is 0. The highest BCUT2D eigenvalue weighted by Gasteiger charge is 2.14. The maximum Gasteiger partial charge on any atom is 0.0746 e. The van der Waals surface area contributed by atoms with Crippen molar-refractivity contribution in [3.05, 3.63) is 48.0 Å². The molecule has 4 nitrogen and oxygen atoms in total. The van der Waals surface area contributed by atoms with E-state index in [9.17, 15) is 0 Å². The molecule has 78 valence electrons. The zero-order valence-corrected chi connectivity index (χ0v) is 8.88. The summed E-state index contributed by atoms with van der Waals surface area (Å²) in [6, 6.07) is 6.20. The third-order valence-corrected chi connectivity index (χ3v) is 2.48. The molecule has 1 atom stereocenters. The fraction of sp³-hybridized carbons (Fsp3) is 0.273. The number of nitrogens with one attached hydrogen (secondary N) is 1. The van der Waals surface area contributed by atoms with Gasteiger partial charge >= 0.3 is 0 Å². The molecule has 15 heavy (non-hydrogen) atoms. The average Bonchev–Trinajstić information content (AvgIpc) is 2.68. The van der Waals surface area contributed by atoms with Gasteiger partial charge in [-0.2, -0.15) is 5.10 Å². The first kappa shape index (κ1) is 9.86. The van der Waals surface area contributed by atoms with E-state index in [0.29, 0.717) is 0 Å². The molecule has 0 fully saturated rings. The molecule has 2 heterocycles. The Morgan fingerprint density at radius 3 is 2.47 bits per heavy atom. The summed E-state index contributed by atoms with van der Waals surface area (Å²) in [5.74, 6) is 0. The molecule has 0 aliphatic rings. The Balaban J connectivity index is 2.37. The number of aryl methyl sites for hydroxylation is 1. The molecule has 0 saturated heterocycles. The Morgan fingerprint density at radius 1 is 1.20 bits per heavy atom. The van der Waals surface area contributed by atoms with Gasteiger partial charge < -0.3 is 5.32 Å². The summed E-state index contributed by atoms with van der Waals surface area (Å²) in [7, 11) is 3.89. The van der Waals surface area contributed by atoms with Gasteiger partial charge in [-0.25, -0.2) is 0 Å². The van der Waals surface area contributed by atoms with Crippen molar-refractivity contribution in [1.29, 1.82) is 0 Å². The van der Waals surface area contributed by atoms with Crippen molar-refractivity contribution < 1.29 is 0 Å². The zero-order valence-electron chi connectivity index (χ0n) is 8.88. The van der Waals surface area contributed by atoms with Crippen LogP contribution in [0.15, 0.2) is 36.8 Å². The molecular weight excluding hydrogens is 188 g/mol. The number of rotatable bonds is 3. The van der Waals surface area contributed by atoms with Crippen LogP contribution in [0.3, 0.4) is 0 Å². The number of pyridine rings is 1. The quantitative estimate of drug-likeness (QED) is 0.811. The van der Waals surface area contributed by atoms with Gasteiger partial charge in [0.15, 0.2) is 0 Å². The lowest BCUT2D eigenvalue weighted by Gasteiger charge is -2.16. The summed E-state index contributed by atoms with van der Waals surface area (Å²) in [6.07, 6.45) is 5.41. The highest BCUT2D eigenvalue weighted by Crippen LogP contribution is 2.19. The molecule has 4 heteroatoms. The van der Waals surface area contributed by atoms with Crippen LogP contribution in [-0.4, -0.2) is 21.8 Å². The van der Waals surface area contributed by atoms with Gasteiger partial charge in [-0.3, -0.25) is 9.67 Å².